The zero-order valence-corrected chi connectivity index (χ0v) is 15.4. The number of halogens is 1. The van der Waals surface area contributed by atoms with Gasteiger partial charge in [0.25, 0.3) is 10.0 Å². The second-order valence-corrected chi connectivity index (χ2v) is 9.17. The molecule has 0 amide bonds. The van der Waals surface area contributed by atoms with Crippen LogP contribution in [0.5, 0.6) is 5.75 Å². The smallest absolute Gasteiger partial charge is 0.264 e. The van der Waals surface area contributed by atoms with Gasteiger partial charge in [-0.3, -0.25) is 4.31 Å². The molecule has 0 bridgehead atoms. The lowest BCUT2D eigenvalue weighted by Crippen LogP contribution is -2.53. The van der Waals surface area contributed by atoms with E-state index in [1.165, 1.54) is 16.4 Å². The van der Waals surface area contributed by atoms with Gasteiger partial charge in [-0.25, -0.2) is 8.42 Å². The van der Waals surface area contributed by atoms with E-state index in [1.54, 1.807) is 24.3 Å². The molecule has 0 radical (unpaired) electrons. The quantitative estimate of drug-likeness (QED) is 0.795. The topological polar surface area (TPSA) is 46.6 Å². The van der Waals surface area contributed by atoms with Crippen molar-refractivity contribution in [3.8, 4) is 5.75 Å². The van der Waals surface area contributed by atoms with E-state index in [4.69, 9.17) is 16.3 Å². The van der Waals surface area contributed by atoms with Crippen molar-refractivity contribution < 1.29 is 13.2 Å². The molecular formula is C18H20ClNO3S. The monoisotopic (exact) mass is 365 g/mol. The molecular weight excluding hydrogens is 346 g/mol. The molecule has 0 fully saturated rings. The number of hydrogen-bond acceptors (Lipinski definition) is 3. The van der Waals surface area contributed by atoms with Crippen molar-refractivity contribution in [1.82, 2.24) is 0 Å². The van der Waals surface area contributed by atoms with Gasteiger partial charge in [-0.15, -0.1) is 0 Å². The van der Waals surface area contributed by atoms with Gasteiger partial charge in [0.1, 0.15) is 12.4 Å². The van der Waals surface area contributed by atoms with E-state index in [0.717, 1.165) is 0 Å². The highest BCUT2D eigenvalue weighted by molar-refractivity contribution is 7.92. The van der Waals surface area contributed by atoms with E-state index < -0.39 is 10.0 Å². The molecule has 2 aromatic carbocycles. The third-order valence-corrected chi connectivity index (χ3v) is 6.24. The molecule has 1 heterocycles. The van der Waals surface area contributed by atoms with Crippen LogP contribution in [0, 0.1) is 5.41 Å². The lowest BCUT2D eigenvalue weighted by molar-refractivity contribution is 0.193. The molecule has 3 rings (SSSR count). The average Bonchev–Trinajstić information content (AvgIpc) is 2.53. The van der Waals surface area contributed by atoms with Gasteiger partial charge in [-0.1, -0.05) is 44.5 Å². The number of anilines is 1. The lowest BCUT2D eigenvalue weighted by atomic mass is 9.86. The summed E-state index contributed by atoms with van der Waals surface area (Å²) in [6.07, 6.45) is 0. The molecule has 0 aromatic heterocycles. The number of hydrogen-bond donors (Lipinski definition) is 0. The fraction of sp³-hybridized carbons (Fsp3) is 0.333. The van der Waals surface area contributed by atoms with Gasteiger partial charge >= 0.3 is 0 Å². The first kappa shape index (κ1) is 17.1. The first-order valence-corrected chi connectivity index (χ1v) is 9.55. The second-order valence-electron chi connectivity index (χ2n) is 6.92. The van der Waals surface area contributed by atoms with Crippen LogP contribution in [-0.2, 0) is 10.0 Å². The minimum absolute atomic E-state index is 0.220. The van der Waals surface area contributed by atoms with Crippen LogP contribution in [-0.4, -0.2) is 21.1 Å². The molecule has 4 nitrogen and oxygen atoms in total. The summed E-state index contributed by atoms with van der Waals surface area (Å²) < 4.78 is 34.0. The Morgan fingerprint density at radius 1 is 1.08 bits per heavy atom. The molecule has 0 spiro atoms. The molecule has 24 heavy (non-hydrogen) atoms. The second kappa shape index (κ2) is 5.97. The Hall–Kier alpha value is -1.72. The minimum atomic E-state index is -3.73. The number of para-hydroxylation sites is 2. The van der Waals surface area contributed by atoms with Gasteiger partial charge in [-0.05, 0) is 41.8 Å². The summed E-state index contributed by atoms with van der Waals surface area (Å²) in [5, 5.41) is 0.503. The van der Waals surface area contributed by atoms with Crippen LogP contribution < -0.4 is 9.04 Å². The van der Waals surface area contributed by atoms with E-state index in [2.05, 4.69) is 0 Å². The maximum Gasteiger partial charge on any atom is 0.264 e. The Morgan fingerprint density at radius 3 is 2.33 bits per heavy atom. The molecule has 1 aliphatic heterocycles. The van der Waals surface area contributed by atoms with Gasteiger partial charge in [0, 0.05) is 5.02 Å². The van der Waals surface area contributed by atoms with E-state index in [0.29, 0.717) is 23.1 Å². The van der Waals surface area contributed by atoms with Gasteiger partial charge in [0.05, 0.1) is 16.6 Å². The van der Waals surface area contributed by atoms with Gasteiger partial charge in [0.2, 0.25) is 0 Å². The van der Waals surface area contributed by atoms with Crippen molar-refractivity contribution >= 4 is 27.3 Å². The Bertz CT molecular complexity index is 841. The molecule has 1 atom stereocenters. The van der Waals surface area contributed by atoms with E-state index >= 15 is 0 Å². The summed E-state index contributed by atoms with van der Waals surface area (Å²) in [4.78, 5) is 0.220. The third-order valence-electron chi connectivity index (χ3n) is 4.15. The SMILES string of the molecule is CC(C)(C)[C@H]1COc2ccccc2N1S(=O)(=O)c1ccc(Cl)cc1. The number of nitrogens with zero attached hydrogens (tertiary/aromatic N) is 1. The van der Waals surface area contributed by atoms with Crippen molar-refractivity contribution in [2.45, 2.75) is 31.7 Å². The van der Waals surface area contributed by atoms with Crippen molar-refractivity contribution in [1.29, 1.82) is 0 Å². The van der Waals surface area contributed by atoms with Crippen LogP contribution in [0.1, 0.15) is 20.8 Å². The highest BCUT2D eigenvalue weighted by Crippen LogP contribution is 2.42. The van der Waals surface area contributed by atoms with Crippen LogP contribution in [0.3, 0.4) is 0 Å². The number of ether oxygens (including phenoxy) is 1. The summed E-state index contributed by atoms with van der Waals surface area (Å²) >= 11 is 5.90. The van der Waals surface area contributed by atoms with Crippen molar-refractivity contribution in [3.63, 3.8) is 0 Å². The maximum atomic E-state index is 13.3. The number of rotatable bonds is 2. The molecule has 6 heteroatoms. The van der Waals surface area contributed by atoms with Crippen LogP contribution in [0.2, 0.25) is 5.02 Å². The summed E-state index contributed by atoms with van der Waals surface area (Å²) in [6, 6.07) is 13.2. The van der Waals surface area contributed by atoms with Gasteiger partial charge in [-0.2, -0.15) is 0 Å². The number of fused-ring (bicyclic) bond motifs is 1. The summed E-state index contributed by atoms with van der Waals surface area (Å²) in [7, 11) is -3.73. The molecule has 1 aliphatic rings. The number of sulfonamides is 1. The first-order chi connectivity index (χ1) is 11.2. The standard InChI is InChI=1S/C18H20ClNO3S/c1-18(2,3)17-12-23-16-7-5-4-6-15(16)20(17)24(21,22)14-10-8-13(19)9-11-14/h4-11,17H,12H2,1-3H3/t17-/m1/s1. The zero-order valence-electron chi connectivity index (χ0n) is 13.9. The van der Waals surface area contributed by atoms with Crippen LogP contribution in [0.4, 0.5) is 5.69 Å². The van der Waals surface area contributed by atoms with Crippen LogP contribution >= 0.6 is 11.6 Å². The fourth-order valence-electron chi connectivity index (χ4n) is 2.78. The Labute approximate surface area is 148 Å². The highest BCUT2D eigenvalue weighted by Gasteiger charge is 2.42. The first-order valence-electron chi connectivity index (χ1n) is 7.73. The predicted octanol–water partition coefficient (Wildman–Crippen LogP) is 4.34. The normalized spacial score (nSPS) is 18.0. The fourth-order valence-corrected chi connectivity index (χ4v) is 4.74. The highest BCUT2D eigenvalue weighted by atomic mass is 35.5. The maximum absolute atomic E-state index is 13.3. The average molecular weight is 366 g/mol. The van der Waals surface area contributed by atoms with Crippen molar-refractivity contribution in [2.75, 3.05) is 10.9 Å². The molecule has 128 valence electrons. The summed E-state index contributed by atoms with van der Waals surface area (Å²) in [5.41, 5.74) is 0.283. The Balaban J connectivity index is 2.18. The largest absolute Gasteiger partial charge is 0.489 e. The third kappa shape index (κ3) is 2.98. The van der Waals surface area contributed by atoms with Crippen LogP contribution in [0.25, 0.3) is 0 Å². The van der Waals surface area contributed by atoms with Gasteiger partial charge < -0.3 is 4.74 Å². The van der Waals surface area contributed by atoms with E-state index in [-0.39, 0.29) is 16.4 Å². The molecule has 0 aliphatic carbocycles. The van der Waals surface area contributed by atoms with Crippen LogP contribution in [0.15, 0.2) is 53.4 Å². The Kier molecular flexibility index (Phi) is 4.26. The zero-order chi connectivity index (χ0) is 17.5. The van der Waals surface area contributed by atoms with Crippen molar-refractivity contribution in [2.24, 2.45) is 5.41 Å². The molecule has 0 saturated heterocycles. The lowest BCUT2D eigenvalue weighted by Gasteiger charge is -2.43. The van der Waals surface area contributed by atoms with Crippen molar-refractivity contribution in [3.05, 3.63) is 53.6 Å². The van der Waals surface area contributed by atoms with E-state index in [9.17, 15) is 8.42 Å². The number of benzene rings is 2. The Morgan fingerprint density at radius 2 is 1.71 bits per heavy atom. The minimum Gasteiger partial charge on any atom is -0.489 e. The molecule has 0 saturated carbocycles. The van der Waals surface area contributed by atoms with Gasteiger partial charge in [0.15, 0.2) is 0 Å². The summed E-state index contributed by atoms with van der Waals surface area (Å²) in [6.45, 7) is 6.35. The molecule has 0 N–H and O–H groups in total. The summed E-state index contributed by atoms with van der Waals surface area (Å²) in [5.74, 6) is 0.579. The van der Waals surface area contributed by atoms with E-state index in [1.807, 2.05) is 32.9 Å². The predicted molar refractivity (Wildman–Crippen MR) is 96.3 cm³/mol. The molecule has 2 aromatic rings. The molecule has 0 unspecified atom stereocenters.